The van der Waals surface area contributed by atoms with Crippen LogP contribution in [0, 0.1) is 6.08 Å². The van der Waals surface area contributed by atoms with Gasteiger partial charge in [-0.25, -0.2) is 0 Å². The minimum absolute atomic E-state index is 0. The monoisotopic (exact) mass is 387 g/mol. The van der Waals surface area contributed by atoms with Crippen LogP contribution in [0.25, 0.3) is 0 Å². The Hall–Kier alpha value is -0.0857. The molecule has 0 bridgehead atoms. The van der Waals surface area contributed by atoms with Crippen molar-refractivity contribution < 1.29 is 37.4 Å². The molecule has 0 aliphatic heterocycles. The van der Waals surface area contributed by atoms with Crippen molar-refractivity contribution in [2.24, 2.45) is 0 Å². The van der Waals surface area contributed by atoms with E-state index in [1.54, 1.807) is 0 Å². The molecule has 0 saturated heterocycles. The number of allylic oxidation sites excluding steroid dienone is 4. The van der Waals surface area contributed by atoms with Crippen LogP contribution in [0.2, 0.25) is 0 Å². The zero-order valence-electron chi connectivity index (χ0n) is 7.48. The Morgan fingerprint density at radius 1 is 0.929 bits per heavy atom. The van der Waals surface area contributed by atoms with Crippen LogP contribution in [0.15, 0.2) is 18.2 Å². The first kappa shape index (κ1) is 16.3. The molecule has 0 saturated carbocycles. The SMILES string of the molecule is F[B-](F)(F)F.[C-]1=CCCC=CCC1.[Ir]. The maximum Gasteiger partial charge on any atom is 0.673 e. The molecular formula is C8H11BF4Ir-2. The molecule has 0 amide bonds. The van der Waals surface area contributed by atoms with Gasteiger partial charge in [0, 0.05) is 20.1 Å². The first-order chi connectivity index (χ1) is 6.00. The quantitative estimate of drug-likeness (QED) is 0.257. The Labute approximate surface area is 94.9 Å². The van der Waals surface area contributed by atoms with Crippen molar-refractivity contribution in [2.75, 3.05) is 0 Å². The molecule has 1 aliphatic rings. The third-order valence-electron chi connectivity index (χ3n) is 1.24. The number of rotatable bonds is 0. The Bertz CT molecular complexity index is 145. The summed E-state index contributed by atoms with van der Waals surface area (Å²) in [7, 11) is -6.00. The number of halogens is 4. The second kappa shape index (κ2) is 9.47. The molecule has 0 N–H and O–H groups in total. The Morgan fingerprint density at radius 3 is 2.00 bits per heavy atom. The van der Waals surface area contributed by atoms with Gasteiger partial charge in [0.25, 0.3) is 0 Å². The second-order valence-corrected chi connectivity index (χ2v) is 2.49. The van der Waals surface area contributed by atoms with E-state index in [1.807, 2.05) is 0 Å². The number of hydrogen-bond donors (Lipinski definition) is 0. The van der Waals surface area contributed by atoms with Gasteiger partial charge in [0.1, 0.15) is 0 Å². The molecule has 0 aromatic heterocycles. The fourth-order valence-electron chi connectivity index (χ4n) is 0.786. The van der Waals surface area contributed by atoms with E-state index in [1.165, 1.54) is 19.3 Å². The summed E-state index contributed by atoms with van der Waals surface area (Å²) in [5.41, 5.74) is 0. The van der Waals surface area contributed by atoms with E-state index >= 15 is 0 Å². The number of hydrogen-bond acceptors (Lipinski definition) is 0. The fourth-order valence-corrected chi connectivity index (χ4v) is 0.786. The summed E-state index contributed by atoms with van der Waals surface area (Å²) in [6, 6.07) is 0. The fraction of sp³-hybridized carbons (Fsp3) is 0.500. The molecule has 0 fully saturated rings. The van der Waals surface area contributed by atoms with Gasteiger partial charge in [0.05, 0.1) is 0 Å². The predicted molar refractivity (Wildman–Crippen MR) is 45.6 cm³/mol. The van der Waals surface area contributed by atoms with Crippen molar-refractivity contribution in [3.63, 3.8) is 0 Å². The summed E-state index contributed by atoms with van der Waals surface area (Å²) in [6.45, 7) is 0. The maximum absolute atomic E-state index is 9.75. The van der Waals surface area contributed by atoms with Crippen LogP contribution in [0.1, 0.15) is 25.7 Å². The van der Waals surface area contributed by atoms with Gasteiger partial charge in [0.15, 0.2) is 0 Å². The van der Waals surface area contributed by atoms with E-state index in [-0.39, 0.29) is 20.1 Å². The van der Waals surface area contributed by atoms with Crippen molar-refractivity contribution in [1.82, 2.24) is 0 Å². The van der Waals surface area contributed by atoms with Crippen molar-refractivity contribution in [3.8, 4) is 0 Å². The van der Waals surface area contributed by atoms with E-state index in [4.69, 9.17) is 0 Å². The van der Waals surface area contributed by atoms with Gasteiger partial charge in [-0.15, -0.1) is 0 Å². The standard InChI is InChI=1S/C8H11.BF4.Ir/c1-2-4-6-8-7-5-3-1;2-1(3,4)5;/h1-2,7H,3-6H2;;/q2*-1;. The molecule has 0 spiro atoms. The first-order valence-corrected chi connectivity index (χ1v) is 4.07. The van der Waals surface area contributed by atoms with E-state index in [0.29, 0.717) is 0 Å². The van der Waals surface area contributed by atoms with Gasteiger partial charge in [-0.05, 0) is 6.42 Å². The molecule has 0 unspecified atom stereocenters. The Morgan fingerprint density at radius 2 is 1.43 bits per heavy atom. The molecule has 0 aromatic rings. The van der Waals surface area contributed by atoms with Crippen LogP contribution in [0.5, 0.6) is 0 Å². The van der Waals surface area contributed by atoms with E-state index in [9.17, 15) is 17.3 Å². The van der Waals surface area contributed by atoms with Crippen LogP contribution in [0.3, 0.4) is 0 Å². The molecule has 1 radical (unpaired) electrons. The van der Waals surface area contributed by atoms with Gasteiger partial charge in [-0.3, -0.25) is 6.08 Å². The van der Waals surface area contributed by atoms with E-state index < -0.39 is 7.25 Å². The normalized spacial score (nSPS) is 15.7. The molecule has 0 atom stereocenters. The van der Waals surface area contributed by atoms with E-state index in [0.717, 1.165) is 6.42 Å². The van der Waals surface area contributed by atoms with Crippen molar-refractivity contribution in [1.29, 1.82) is 0 Å². The van der Waals surface area contributed by atoms with Crippen LogP contribution in [0.4, 0.5) is 17.3 Å². The van der Waals surface area contributed by atoms with Gasteiger partial charge < -0.3 is 23.3 Å². The topological polar surface area (TPSA) is 0 Å². The molecule has 85 valence electrons. The van der Waals surface area contributed by atoms with Crippen LogP contribution < -0.4 is 0 Å². The maximum atomic E-state index is 9.75. The summed E-state index contributed by atoms with van der Waals surface area (Å²) >= 11 is 0. The first-order valence-electron chi connectivity index (χ1n) is 4.07. The molecule has 1 aliphatic carbocycles. The minimum Gasteiger partial charge on any atom is -0.500 e. The summed E-state index contributed by atoms with van der Waals surface area (Å²) < 4.78 is 39.0. The van der Waals surface area contributed by atoms with Crippen molar-refractivity contribution in [2.45, 2.75) is 25.7 Å². The van der Waals surface area contributed by atoms with Crippen molar-refractivity contribution in [3.05, 3.63) is 24.3 Å². The van der Waals surface area contributed by atoms with Crippen molar-refractivity contribution >= 4 is 7.25 Å². The van der Waals surface area contributed by atoms with Crippen LogP contribution in [-0.2, 0) is 20.1 Å². The van der Waals surface area contributed by atoms with Crippen LogP contribution >= 0.6 is 0 Å². The predicted octanol–water partition coefficient (Wildman–Crippen LogP) is 3.77. The summed E-state index contributed by atoms with van der Waals surface area (Å²) in [5.74, 6) is 0. The van der Waals surface area contributed by atoms with Gasteiger partial charge in [-0.1, -0.05) is 25.0 Å². The minimum atomic E-state index is -6.00. The molecule has 0 heterocycles. The molecule has 6 heteroatoms. The smallest absolute Gasteiger partial charge is 0.500 e. The Kier molecular flexibility index (Phi) is 11.1. The van der Waals surface area contributed by atoms with E-state index in [2.05, 4.69) is 24.3 Å². The molecule has 0 aromatic carbocycles. The largest absolute Gasteiger partial charge is 0.673 e. The average molecular weight is 386 g/mol. The van der Waals surface area contributed by atoms with Gasteiger partial charge in [0.2, 0.25) is 0 Å². The molecule has 1 rings (SSSR count). The zero-order valence-corrected chi connectivity index (χ0v) is 9.88. The third kappa shape index (κ3) is 22.7. The van der Waals surface area contributed by atoms with Gasteiger partial charge in [-0.2, -0.15) is 6.42 Å². The third-order valence-corrected chi connectivity index (χ3v) is 1.24. The molecular weight excluding hydrogens is 375 g/mol. The second-order valence-electron chi connectivity index (χ2n) is 2.49. The van der Waals surface area contributed by atoms with Gasteiger partial charge >= 0.3 is 7.25 Å². The Balaban J connectivity index is 0. The molecule has 14 heavy (non-hydrogen) atoms. The summed E-state index contributed by atoms with van der Waals surface area (Å²) in [6.07, 6.45) is 14.5. The van der Waals surface area contributed by atoms with Crippen LogP contribution in [-0.4, -0.2) is 7.25 Å². The summed E-state index contributed by atoms with van der Waals surface area (Å²) in [5, 5.41) is 0. The summed E-state index contributed by atoms with van der Waals surface area (Å²) in [4.78, 5) is 0. The average Bonchev–Trinajstić information content (AvgIpc) is 1.79. The molecule has 0 nitrogen and oxygen atoms in total. The zero-order chi connectivity index (χ0) is 10.2.